The highest BCUT2D eigenvalue weighted by atomic mass is 35.5. The third kappa shape index (κ3) is 2.96. The van der Waals surface area contributed by atoms with Crippen molar-refractivity contribution in [2.45, 2.75) is 24.3 Å². The first-order valence-corrected chi connectivity index (χ1v) is 7.32. The molecule has 92 valence electrons. The fraction of sp³-hybridized carbons (Fsp3) is 0.462. The van der Waals surface area contributed by atoms with Crippen LogP contribution in [0.15, 0.2) is 29.2 Å². The molecule has 1 heterocycles. The van der Waals surface area contributed by atoms with E-state index in [9.17, 15) is 4.79 Å². The van der Waals surface area contributed by atoms with Crippen LogP contribution in [-0.2, 0) is 4.79 Å². The predicted octanol–water partition coefficient (Wildman–Crippen LogP) is 3.21. The average Bonchev–Trinajstić information content (AvgIpc) is 2.38. The van der Waals surface area contributed by atoms with Crippen LogP contribution in [0.25, 0.3) is 0 Å². The first-order chi connectivity index (χ1) is 8.22. The quantitative estimate of drug-likeness (QED) is 0.854. The van der Waals surface area contributed by atoms with Crippen molar-refractivity contribution < 1.29 is 4.79 Å². The van der Waals surface area contributed by atoms with Crippen LogP contribution in [0.5, 0.6) is 0 Å². The normalized spacial score (nSPS) is 20.5. The number of thioether (sulfide) groups is 1. The van der Waals surface area contributed by atoms with E-state index < -0.39 is 0 Å². The van der Waals surface area contributed by atoms with Crippen LogP contribution < -0.4 is 5.32 Å². The molecule has 0 saturated heterocycles. The molecule has 1 N–H and O–H groups in total. The summed E-state index contributed by atoms with van der Waals surface area (Å²) in [6, 6.07) is 8.42. The van der Waals surface area contributed by atoms with Crippen molar-refractivity contribution in [3.05, 3.63) is 29.8 Å². The molecule has 0 fully saturated rings. The molecule has 0 bridgehead atoms. The maximum absolute atomic E-state index is 11.8. The topological polar surface area (TPSA) is 29.1 Å². The molecule has 2 nitrogen and oxygen atoms in total. The first kappa shape index (κ1) is 12.8. The second kappa shape index (κ2) is 5.78. The minimum Gasteiger partial charge on any atom is -0.349 e. The Labute approximate surface area is 111 Å². The Morgan fingerprint density at radius 3 is 3.12 bits per heavy atom. The number of fused-ring (bicyclic) bond motifs is 1. The largest absolute Gasteiger partial charge is 0.349 e. The van der Waals surface area contributed by atoms with E-state index in [1.165, 1.54) is 10.5 Å². The molecule has 1 aromatic carbocycles. The maximum Gasteiger partial charge on any atom is 0.224 e. The van der Waals surface area contributed by atoms with E-state index in [0.29, 0.717) is 5.88 Å². The van der Waals surface area contributed by atoms with E-state index in [1.54, 1.807) is 0 Å². The second-order valence-corrected chi connectivity index (χ2v) is 5.74. The van der Waals surface area contributed by atoms with E-state index >= 15 is 0 Å². The van der Waals surface area contributed by atoms with Crippen LogP contribution in [0.1, 0.15) is 24.9 Å². The SMILES string of the molecule is CC(CCl)C(=O)NC1CCSc2ccccc21. The molecule has 0 aromatic heterocycles. The standard InChI is InChI=1S/C13H16ClNOS/c1-9(8-14)13(16)15-11-6-7-17-12-5-3-2-4-10(11)12/h2-5,9,11H,6-8H2,1H3,(H,15,16). The van der Waals surface area contributed by atoms with Crippen molar-refractivity contribution >= 4 is 29.3 Å². The van der Waals surface area contributed by atoms with Crippen LogP contribution >= 0.6 is 23.4 Å². The molecule has 2 rings (SSSR count). The Bertz CT molecular complexity index is 410. The molecule has 0 aliphatic carbocycles. The van der Waals surface area contributed by atoms with Crippen molar-refractivity contribution in [3.8, 4) is 0 Å². The summed E-state index contributed by atoms with van der Waals surface area (Å²) in [5, 5.41) is 3.09. The molecule has 2 atom stereocenters. The summed E-state index contributed by atoms with van der Waals surface area (Å²) in [6.07, 6.45) is 0.989. The smallest absolute Gasteiger partial charge is 0.224 e. The Hall–Kier alpha value is -0.670. The van der Waals surface area contributed by atoms with Crippen molar-refractivity contribution in [2.24, 2.45) is 5.92 Å². The van der Waals surface area contributed by atoms with Gasteiger partial charge in [0.05, 0.1) is 6.04 Å². The molecular formula is C13H16ClNOS. The third-order valence-electron chi connectivity index (χ3n) is 2.95. The summed E-state index contributed by atoms with van der Waals surface area (Å²) in [4.78, 5) is 13.1. The average molecular weight is 270 g/mol. The van der Waals surface area contributed by atoms with Crippen molar-refractivity contribution in [2.75, 3.05) is 11.6 Å². The van der Waals surface area contributed by atoms with Crippen molar-refractivity contribution in [1.29, 1.82) is 0 Å². The van der Waals surface area contributed by atoms with Crippen molar-refractivity contribution in [1.82, 2.24) is 5.32 Å². The minimum atomic E-state index is -0.126. The molecule has 4 heteroatoms. The minimum absolute atomic E-state index is 0.0479. The second-order valence-electron chi connectivity index (χ2n) is 4.29. The number of carbonyl (C=O) groups excluding carboxylic acids is 1. The molecular weight excluding hydrogens is 254 g/mol. The van der Waals surface area contributed by atoms with Gasteiger partial charge in [0.2, 0.25) is 5.91 Å². The van der Waals surface area contributed by atoms with Crippen LogP contribution in [-0.4, -0.2) is 17.5 Å². The van der Waals surface area contributed by atoms with Gasteiger partial charge in [-0.3, -0.25) is 4.79 Å². The van der Waals surface area contributed by atoms with Gasteiger partial charge in [-0.15, -0.1) is 23.4 Å². The molecule has 0 spiro atoms. The summed E-state index contributed by atoms with van der Waals surface area (Å²) in [7, 11) is 0. The number of alkyl halides is 1. The lowest BCUT2D eigenvalue weighted by atomic mass is 10.0. The molecule has 1 aliphatic rings. The van der Waals surface area contributed by atoms with Crippen LogP contribution in [0.4, 0.5) is 0 Å². The highest BCUT2D eigenvalue weighted by molar-refractivity contribution is 7.99. The third-order valence-corrected chi connectivity index (χ3v) is 4.54. The summed E-state index contributed by atoms with van der Waals surface area (Å²) in [5.41, 5.74) is 1.24. The zero-order valence-corrected chi connectivity index (χ0v) is 11.4. The number of amides is 1. The molecule has 1 aromatic rings. The molecule has 17 heavy (non-hydrogen) atoms. The Morgan fingerprint density at radius 1 is 1.59 bits per heavy atom. The lowest BCUT2D eigenvalue weighted by Gasteiger charge is -2.26. The van der Waals surface area contributed by atoms with Gasteiger partial charge in [-0.1, -0.05) is 25.1 Å². The van der Waals surface area contributed by atoms with E-state index in [-0.39, 0.29) is 17.9 Å². The zero-order valence-electron chi connectivity index (χ0n) is 9.78. The summed E-state index contributed by atoms with van der Waals surface area (Å²) in [5.74, 6) is 1.34. The van der Waals surface area contributed by atoms with Gasteiger partial charge >= 0.3 is 0 Å². The molecule has 1 amide bonds. The van der Waals surface area contributed by atoms with Gasteiger partial charge in [0.15, 0.2) is 0 Å². The number of nitrogens with one attached hydrogen (secondary N) is 1. The molecule has 2 unspecified atom stereocenters. The number of rotatable bonds is 3. The zero-order chi connectivity index (χ0) is 12.3. The van der Waals surface area contributed by atoms with Gasteiger partial charge < -0.3 is 5.32 Å². The van der Waals surface area contributed by atoms with Gasteiger partial charge in [0.25, 0.3) is 0 Å². The Kier molecular flexibility index (Phi) is 4.35. The van der Waals surface area contributed by atoms with Gasteiger partial charge in [-0.25, -0.2) is 0 Å². The van der Waals surface area contributed by atoms with E-state index in [0.717, 1.165) is 12.2 Å². The van der Waals surface area contributed by atoms with Crippen LogP contribution in [0, 0.1) is 5.92 Å². The monoisotopic (exact) mass is 269 g/mol. The lowest BCUT2D eigenvalue weighted by molar-refractivity contribution is -0.124. The van der Waals surface area contributed by atoms with Crippen LogP contribution in [0.3, 0.4) is 0 Å². The van der Waals surface area contributed by atoms with Gasteiger partial charge in [0.1, 0.15) is 0 Å². The van der Waals surface area contributed by atoms with Crippen molar-refractivity contribution in [3.63, 3.8) is 0 Å². The van der Waals surface area contributed by atoms with Crippen LogP contribution in [0.2, 0.25) is 0 Å². The molecule has 0 radical (unpaired) electrons. The summed E-state index contributed by atoms with van der Waals surface area (Å²) in [6.45, 7) is 1.85. The number of halogens is 1. The van der Waals surface area contributed by atoms with E-state index in [4.69, 9.17) is 11.6 Å². The number of carbonyl (C=O) groups is 1. The van der Waals surface area contributed by atoms with E-state index in [2.05, 4.69) is 17.4 Å². The first-order valence-electron chi connectivity index (χ1n) is 5.80. The van der Waals surface area contributed by atoms with Gasteiger partial charge in [-0.05, 0) is 18.1 Å². The summed E-state index contributed by atoms with van der Waals surface area (Å²) < 4.78 is 0. The van der Waals surface area contributed by atoms with Gasteiger partial charge in [0, 0.05) is 22.4 Å². The highest BCUT2D eigenvalue weighted by Gasteiger charge is 2.23. The number of hydrogen-bond acceptors (Lipinski definition) is 2. The van der Waals surface area contributed by atoms with E-state index in [1.807, 2.05) is 30.8 Å². The Balaban J connectivity index is 2.11. The maximum atomic E-state index is 11.8. The number of hydrogen-bond donors (Lipinski definition) is 1. The lowest BCUT2D eigenvalue weighted by Crippen LogP contribution is -2.35. The Morgan fingerprint density at radius 2 is 2.35 bits per heavy atom. The fourth-order valence-corrected chi connectivity index (χ4v) is 3.14. The number of benzene rings is 1. The highest BCUT2D eigenvalue weighted by Crippen LogP contribution is 2.35. The predicted molar refractivity (Wildman–Crippen MR) is 72.6 cm³/mol. The molecule has 0 saturated carbocycles. The van der Waals surface area contributed by atoms with Gasteiger partial charge in [-0.2, -0.15) is 0 Å². The fourth-order valence-electron chi connectivity index (χ4n) is 1.88. The molecule has 1 aliphatic heterocycles. The summed E-state index contributed by atoms with van der Waals surface area (Å²) >= 11 is 7.56.